The lowest BCUT2D eigenvalue weighted by molar-refractivity contribution is -0.128. The fraction of sp³-hybridized carbons (Fsp3) is 0.375. The molecule has 4 rings (SSSR count). The number of nitrogens with zero attached hydrogens (tertiary/aromatic N) is 3. The molecule has 32 heavy (non-hydrogen) atoms. The molecule has 3 aromatic rings. The standard InChI is InChI=1S/C24H27N3O5/c1-4-30-19-8-6-7-16(11-19)14-27-15-18(13-22(27)28)24-25-23(26-32-24)17-9-10-20(31-5-2)21(12-17)29-3/h6-12,18H,4-5,13-15H2,1-3H3. The van der Waals surface area contributed by atoms with Gasteiger partial charge in [0.05, 0.1) is 26.2 Å². The highest BCUT2D eigenvalue weighted by atomic mass is 16.5. The van der Waals surface area contributed by atoms with Gasteiger partial charge in [-0.3, -0.25) is 4.79 Å². The first-order valence-corrected chi connectivity index (χ1v) is 10.8. The number of carbonyl (C=O) groups is 1. The lowest BCUT2D eigenvalue weighted by atomic mass is 10.1. The Labute approximate surface area is 187 Å². The minimum atomic E-state index is -0.136. The lowest BCUT2D eigenvalue weighted by Gasteiger charge is -2.16. The molecule has 8 heteroatoms. The van der Waals surface area contributed by atoms with Crippen molar-refractivity contribution in [1.29, 1.82) is 0 Å². The molecule has 168 valence electrons. The average molecular weight is 437 g/mol. The third-order valence-electron chi connectivity index (χ3n) is 5.31. The van der Waals surface area contributed by atoms with Crippen LogP contribution in [0.5, 0.6) is 17.2 Å². The van der Waals surface area contributed by atoms with Crippen molar-refractivity contribution >= 4 is 5.91 Å². The first kappa shape index (κ1) is 21.7. The van der Waals surface area contributed by atoms with Crippen molar-refractivity contribution in [3.8, 4) is 28.6 Å². The number of methoxy groups -OCH3 is 1. The number of ether oxygens (including phenoxy) is 3. The first-order valence-electron chi connectivity index (χ1n) is 10.8. The predicted octanol–water partition coefficient (Wildman–Crippen LogP) is 4.06. The van der Waals surface area contributed by atoms with Gasteiger partial charge >= 0.3 is 0 Å². The van der Waals surface area contributed by atoms with E-state index < -0.39 is 0 Å². The Morgan fingerprint density at radius 3 is 2.72 bits per heavy atom. The summed E-state index contributed by atoms with van der Waals surface area (Å²) in [5, 5.41) is 4.12. The van der Waals surface area contributed by atoms with Crippen molar-refractivity contribution < 1.29 is 23.5 Å². The molecule has 2 aromatic carbocycles. The van der Waals surface area contributed by atoms with Crippen LogP contribution in [0.1, 0.15) is 37.6 Å². The molecule has 1 saturated heterocycles. The third-order valence-corrected chi connectivity index (χ3v) is 5.31. The van der Waals surface area contributed by atoms with Gasteiger partial charge in [0.25, 0.3) is 0 Å². The van der Waals surface area contributed by atoms with Crippen molar-refractivity contribution in [3.05, 3.63) is 53.9 Å². The van der Waals surface area contributed by atoms with E-state index in [1.54, 1.807) is 7.11 Å². The number of rotatable bonds is 9. The summed E-state index contributed by atoms with van der Waals surface area (Å²) in [5.41, 5.74) is 1.78. The van der Waals surface area contributed by atoms with Crippen molar-refractivity contribution in [3.63, 3.8) is 0 Å². The molecule has 1 atom stereocenters. The quantitative estimate of drug-likeness (QED) is 0.499. The zero-order valence-corrected chi connectivity index (χ0v) is 18.5. The maximum Gasteiger partial charge on any atom is 0.232 e. The number of benzene rings is 2. The van der Waals surface area contributed by atoms with E-state index in [-0.39, 0.29) is 11.8 Å². The Morgan fingerprint density at radius 2 is 1.94 bits per heavy atom. The summed E-state index contributed by atoms with van der Waals surface area (Å²) in [6.45, 7) is 6.07. The monoisotopic (exact) mass is 437 g/mol. The number of amides is 1. The molecule has 0 spiro atoms. The number of hydrogen-bond donors (Lipinski definition) is 0. The third kappa shape index (κ3) is 4.69. The molecular weight excluding hydrogens is 410 g/mol. The maximum absolute atomic E-state index is 12.6. The summed E-state index contributed by atoms with van der Waals surface area (Å²) in [6.07, 6.45) is 0.347. The van der Waals surface area contributed by atoms with E-state index in [4.69, 9.17) is 18.7 Å². The highest BCUT2D eigenvalue weighted by Gasteiger charge is 2.34. The Hall–Kier alpha value is -3.55. The molecule has 1 aliphatic rings. The molecule has 8 nitrogen and oxygen atoms in total. The van der Waals surface area contributed by atoms with Crippen LogP contribution in [-0.4, -0.2) is 47.8 Å². The zero-order valence-electron chi connectivity index (χ0n) is 18.5. The SMILES string of the molecule is CCOc1cccc(CN2CC(c3nc(-c4ccc(OCC)c(OC)c4)no3)CC2=O)c1. The predicted molar refractivity (Wildman–Crippen MR) is 118 cm³/mol. The van der Waals surface area contributed by atoms with E-state index in [2.05, 4.69) is 10.1 Å². The second-order valence-corrected chi connectivity index (χ2v) is 7.51. The minimum Gasteiger partial charge on any atom is -0.494 e. The van der Waals surface area contributed by atoms with Crippen LogP contribution in [0.25, 0.3) is 11.4 Å². The van der Waals surface area contributed by atoms with Crippen LogP contribution in [0, 0.1) is 0 Å². The molecule has 0 bridgehead atoms. The van der Waals surface area contributed by atoms with Crippen LogP contribution in [0.15, 0.2) is 47.0 Å². The van der Waals surface area contributed by atoms with E-state index in [0.717, 1.165) is 16.9 Å². The average Bonchev–Trinajstić information content (AvgIpc) is 3.42. The highest BCUT2D eigenvalue weighted by Crippen LogP contribution is 2.33. The summed E-state index contributed by atoms with van der Waals surface area (Å²) in [4.78, 5) is 19.0. The van der Waals surface area contributed by atoms with Gasteiger partial charge in [0.1, 0.15) is 5.75 Å². The maximum atomic E-state index is 12.6. The van der Waals surface area contributed by atoms with Gasteiger partial charge in [-0.15, -0.1) is 0 Å². The summed E-state index contributed by atoms with van der Waals surface area (Å²) in [6, 6.07) is 13.3. The Kier molecular flexibility index (Phi) is 6.58. The van der Waals surface area contributed by atoms with Crippen LogP contribution < -0.4 is 14.2 Å². The minimum absolute atomic E-state index is 0.0688. The molecule has 1 aromatic heterocycles. The highest BCUT2D eigenvalue weighted by molar-refractivity contribution is 5.79. The Bertz CT molecular complexity index is 1080. The smallest absolute Gasteiger partial charge is 0.232 e. The van der Waals surface area contributed by atoms with Crippen LogP contribution >= 0.6 is 0 Å². The van der Waals surface area contributed by atoms with Gasteiger partial charge in [0.2, 0.25) is 17.6 Å². The normalized spacial score (nSPS) is 15.8. The summed E-state index contributed by atoms with van der Waals surface area (Å²) in [5.74, 6) is 2.92. The second-order valence-electron chi connectivity index (χ2n) is 7.51. The van der Waals surface area contributed by atoms with Gasteiger partial charge in [-0.05, 0) is 49.7 Å². The summed E-state index contributed by atoms with van der Waals surface area (Å²) < 4.78 is 22.0. The summed E-state index contributed by atoms with van der Waals surface area (Å²) in [7, 11) is 1.59. The number of likely N-dealkylation sites (tertiary alicyclic amines) is 1. The van der Waals surface area contributed by atoms with Gasteiger partial charge in [0.15, 0.2) is 11.5 Å². The van der Waals surface area contributed by atoms with Gasteiger partial charge < -0.3 is 23.6 Å². The molecule has 1 aliphatic heterocycles. The zero-order chi connectivity index (χ0) is 22.5. The fourth-order valence-corrected chi connectivity index (χ4v) is 3.81. The van der Waals surface area contributed by atoms with Crippen LogP contribution in [0.3, 0.4) is 0 Å². The van der Waals surface area contributed by atoms with Gasteiger partial charge in [-0.25, -0.2) is 0 Å². The van der Waals surface area contributed by atoms with Crippen molar-refractivity contribution in [2.75, 3.05) is 26.9 Å². The van der Waals surface area contributed by atoms with Crippen LogP contribution in [0.2, 0.25) is 0 Å². The largest absolute Gasteiger partial charge is 0.494 e. The topological polar surface area (TPSA) is 86.9 Å². The Balaban J connectivity index is 1.46. The molecule has 0 aliphatic carbocycles. The summed E-state index contributed by atoms with van der Waals surface area (Å²) >= 11 is 0. The van der Waals surface area contributed by atoms with Gasteiger partial charge in [-0.1, -0.05) is 17.3 Å². The van der Waals surface area contributed by atoms with Gasteiger partial charge in [-0.2, -0.15) is 4.98 Å². The van der Waals surface area contributed by atoms with Crippen LogP contribution in [-0.2, 0) is 11.3 Å². The molecule has 0 radical (unpaired) electrons. The molecular formula is C24H27N3O5. The molecule has 2 heterocycles. The van der Waals surface area contributed by atoms with Crippen molar-refractivity contribution in [1.82, 2.24) is 15.0 Å². The lowest BCUT2D eigenvalue weighted by Crippen LogP contribution is -2.24. The van der Waals surface area contributed by atoms with E-state index >= 15 is 0 Å². The first-order chi connectivity index (χ1) is 15.6. The molecule has 0 saturated carbocycles. The van der Waals surface area contributed by atoms with E-state index in [0.29, 0.717) is 55.9 Å². The van der Waals surface area contributed by atoms with E-state index in [1.807, 2.05) is 61.2 Å². The van der Waals surface area contributed by atoms with E-state index in [9.17, 15) is 4.79 Å². The van der Waals surface area contributed by atoms with Crippen molar-refractivity contribution in [2.24, 2.45) is 0 Å². The molecule has 1 fully saturated rings. The second kappa shape index (κ2) is 9.72. The Morgan fingerprint density at radius 1 is 1.09 bits per heavy atom. The fourth-order valence-electron chi connectivity index (χ4n) is 3.81. The number of hydrogen-bond acceptors (Lipinski definition) is 7. The molecule has 0 N–H and O–H groups in total. The molecule has 1 amide bonds. The number of carbonyl (C=O) groups excluding carboxylic acids is 1. The van der Waals surface area contributed by atoms with Gasteiger partial charge in [0, 0.05) is 25.1 Å². The van der Waals surface area contributed by atoms with E-state index in [1.165, 1.54) is 0 Å². The number of aromatic nitrogens is 2. The molecule has 1 unspecified atom stereocenters. The van der Waals surface area contributed by atoms with Crippen molar-refractivity contribution in [2.45, 2.75) is 32.7 Å². The van der Waals surface area contributed by atoms with Crippen LogP contribution in [0.4, 0.5) is 0 Å².